The summed E-state index contributed by atoms with van der Waals surface area (Å²) in [7, 11) is 0. The second-order valence-electron chi connectivity index (χ2n) is 5.56. The fourth-order valence-corrected chi connectivity index (χ4v) is 2.40. The van der Waals surface area contributed by atoms with Crippen molar-refractivity contribution < 1.29 is 9.53 Å². The van der Waals surface area contributed by atoms with E-state index in [1.54, 1.807) is 24.5 Å². The molecule has 0 aliphatic rings. The van der Waals surface area contributed by atoms with Crippen LogP contribution in [0.2, 0.25) is 0 Å². The summed E-state index contributed by atoms with van der Waals surface area (Å²) in [6.45, 7) is 1.01. The average molecular weight is 333 g/mol. The third kappa shape index (κ3) is 4.57. The lowest BCUT2D eigenvalue weighted by Gasteiger charge is -2.13. The van der Waals surface area contributed by atoms with Gasteiger partial charge in [-0.05, 0) is 41.5 Å². The lowest BCUT2D eigenvalue weighted by molar-refractivity contribution is 0.0996. The molecule has 3 N–H and O–H groups in total. The molecule has 0 atom stereocenters. The summed E-state index contributed by atoms with van der Waals surface area (Å²) in [5.74, 6) is -0.0403. The first-order chi connectivity index (χ1) is 12.2. The molecule has 0 spiro atoms. The van der Waals surface area contributed by atoms with E-state index in [1.165, 1.54) is 0 Å². The van der Waals surface area contributed by atoms with Gasteiger partial charge in [0.05, 0.1) is 5.56 Å². The number of ether oxygens (including phenoxy) is 1. The van der Waals surface area contributed by atoms with E-state index >= 15 is 0 Å². The largest absolute Gasteiger partial charge is 0.488 e. The molecule has 0 aliphatic carbocycles. The van der Waals surface area contributed by atoms with Crippen molar-refractivity contribution in [1.82, 2.24) is 4.98 Å². The molecule has 1 heterocycles. The highest BCUT2D eigenvalue weighted by Gasteiger charge is 2.11. The van der Waals surface area contributed by atoms with E-state index < -0.39 is 5.91 Å². The van der Waals surface area contributed by atoms with Gasteiger partial charge in [-0.2, -0.15) is 0 Å². The number of carbonyl (C=O) groups is 1. The van der Waals surface area contributed by atoms with Gasteiger partial charge >= 0.3 is 0 Å². The number of rotatable bonds is 7. The molecule has 0 fully saturated rings. The highest BCUT2D eigenvalue weighted by molar-refractivity contribution is 5.96. The zero-order valence-corrected chi connectivity index (χ0v) is 13.7. The number of aromatic nitrogens is 1. The summed E-state index contributed by atoms with van der Waals surface area (Å²) < 4.78 is 5.77. The smallest absolute Gasteiger partial charge is 0.252 e. The molecule has 1 amide bonds. The second-order valence-corrected chi connectivity index (χ2v) is 5.56. The third-order valence-electron chi connectivity index (χ3n) is 3.73. The highest BCUT2D eigenvalue weighted by atomic mass is 16.5. The number of anilines is 1. The number of primary amides is 1. The van der Waals surface area contributed by atoms with Gasteiger partial charge in [0.2, 0.25) is 0 Å². The molecule has 5 heteroatoms. The summed E-state index contributed by atoms with van der Waals surface area (Å²) in [6, 6.07) is 19.0. The first-order valence-electron chi connectivity index (χ1n) is 7.96. The van der Waals surface area contributed by atoms with E-state index in [4.69, 9.17) is 10.5 Å². The summed E-state index contributed by atoms with van der Waals surface area (Å²) in [5.41, 5.74) is 8.79. The van der Waals surface area contributed by atoms with Crippen LogP contribution in [0.3, 0.4) is 0 Å². The van der Waals surface area contributed by atoms with Gasteiger partial charge in [0.25, 0.3) is 5.91 Å². The van der Waals surface area contributed by atoms with Crippen LogP contribution in [0.25, 0.3) is 0 Å². The minimum absolute atomic E-state index is 0.357. The maximum absolute atomic E-state index is 11.8. The predicted octanol–water partition coefficient (Wildman–Crippen LogP) is 3.37. The van der Waals surface area contributed by atoms with E-state index in [-0.39, 0.29) is 0 Å². The number of pyridine rings is 1. The van der Waals surface area contributed by atoms with Crippen LogP contribution < -0.4 is 15.8 Å². The molecule has 0 unspecified atom stereocenters. The molecule has 0 bridgehead atoms. The number of nitrogens with one attached hydrogen (secondary N) is 1. The van der Waals surface area contributed by atoms with Crippen molar-refractivity contribution in [3.8, 4) is 5.75 Å². The molecule has 3 rings (SSSR count). The molecule has 0 aliphatic heterocycles. The molecule has 2 aromatic carbocycles. The quantitative estimate of drug-likeness (QED) is 0.695. The van der Waals surface area contributed by atoms with Crippen molar-refractivity contribution in [2.75, 3.05) is 5.32 Å². The second kappa shape index (κ2) is 7.97. The van der Waals surface area contributed by atoms with Crippen LogP contribution in [0, 0.1) is 0 Å². The first kappa shape index (κ1) is 16.5. The Hall–Kier alpha value is -3.34. The molecule has 0 saturated heterocycles. The molecular formula is C20H19N3O2. The van der Waals surface area contributed by atoms with Crippen molar-refractivity contribution in [2.45, 2.75) is 13.2 Å². The van der Waals surface area contributed by atoms with Gasteiger partial charge in [-0.3, -0.25) is 9.78 Å². The number of amides is 1. The van der Waals surface area contributed by atoms with Gasteiger partial charge < -0.3 is 15.8 Å². The van der Waals surface area contributed by atoms with Crippen LogP contribution in [0.4, 0.5) is 5.69 Å². The van der Waals surface area contributed by atoms with Gasteiger partial charge in [0, 0.05) is 24.6 Å². The minimum Gasteiger partial charge on any atom is -0.488 e. The van der Waals surface area contributed by atoms with Crippen molar-refractivity contribution in [2.24, 2.45) is 5.73 Å². The Morgan fingerprint density at radius 1 is 1.00 bits per heavy atom. The third-order valence-corrected chi connectivity index (χ3v) is 3.73. The molecule has 3 aromatic rings. The molecule has 1 aromatic heterocycles. The van der Waals surface area contributed by atoms with E-state index in [0.29, 0.717) is 24.5 Å². The van der Waals surface area contributed by atoms with Crippen molar-refractivity contribution >= 4 is 11.6 Å². The zero-order valence-electron chi connectivity index (χ0n) is 13.7. The molecule has 5 nitrogen and oxygen atoms in total. The number of nitrogens with two attached hydrogens (primary N) is 1. The zero-order chi connectivity index (χ0) is 17.5. The van der Waals surface area contributed by atoms with Crippen LogP contribution in [-0.2, 0) is 13.2 Å². The summed E-state index contributed by atoms with van der Waals surface area (Å²) in [6.07, 6.45) is 3.48. The van der Waals surface area contributed by atoms with Crippen molar-refractivity contribution in [1.29, 1.82) is 0 Å². The van der Waals surface area contributed by atoms with Gasteiger partial charge in [-0.25, -0.2) is 0 Å². The molecule has 0 radical (unpaired) electrons. The lowest BCUT2D eigenvalue weighted by Crippen LogP contribution is -2.14. The fraction of sp³-hybridized carbons (Fsp3) is 0.100. The maximum atomic E-state index is 11.8. The Balaban J connectivity index is 1.70. The highest BCUT2D eigenvalue weighted by Crippen LogP contribution is 2.24. The van der Waals surface area contributed by atoms with Crippen LogP contribution >= 0.6 is 0 Å². The Morgan fingerprint density at radius 3 is 2.48 bits per heavy atom. The predicted molar refractivity (Wildman–Crippen MR) is 97.3 cm³/mol. The number of nitrogens with zero attached hydrogens (tertiary/aromatic N) is 1. The Labute approximate surface area is 146 Å². The van der Waals surface area contributed by atoms with Gasteiger partial charge in [0.15, 0.2) is 0 Å². The van der Waals surface area contributed by atoms with Gasteiger partial charge in [-0.15, -0.1) is 0 Å². The topological polar surface area (TPSA) is 77.2 Å². The van der Waals surface area contributed by atoms with Gasteiger partial charge in [0.1, 0.15) is 12.4 Å². The Kier molecular flexibility index (Phi) is 5.26. The Morgan fingerprint density at radius 2 is 1.76 bits per heavy atom. The minimum atomic E-state index is -0.518. The van der Waals surface area contributed by atoms with E-state index in [9.17, 15) is 4.79 Å². The standard InChI is InChI=1S/C20H19N3O2/c21-20(24)18-12-17(23-13-15-8-10-22-11-9-15)6-7-19(18)25-14-16-4-2-1-3-5-16/h1-12,23H,13-14H2,(H2,21,24). The lowest BCUT2D eigenvalue weighted by atomic mass is 10.1. The maximum Gasteiger partial charge on any atom is 0.252 e. The number of benzene rings is 2. The van der Waals surface area contributed by atoms with Crippen LogP contribution in [0.5, 0.6) is 5.75 Å². The number of carbonyl (C=O) groups excluding carboxylic acids is 1. The molecule has 126 valence electrons. The summed E-state index contributed by atoms with van der Waals surface area (Å²) in [5, 5.41) is 3.27. The first-order valence-corrected chi connectivity index (χ1v) is 7.96. The molecule has 25 heavy (non-hydrogen) atoms. The molecular weight excluding hydrogens is 314 g/mol. The van der Waals surface area contributed by atoms with Gasteiger partial charge in [-0.1, -0.05) is 30.3 Å². The number of hydrogen-bond donors (Lipinski definition) is 2. The number of hydrogen-bond acceptors (Lipinski definition) is 4. The van der Waals surface area contributed by atoms with E-state index in [0.717, 1.165) is 16.8 Å². The van der Waals surface area contributed by atoms with Crippen molar-refractivity contribution in [3.05, 3.63) is 89.7 Å². The monoisotopic (exact) mass is 333 g/mol. The van der Waals surface area contributed by atoms with Crippen LogP contribution in [0.15, 0.2) is 73.1 Å². The molecule has 0 saturated carbocycles. The summed E-state index contributed by atoms with van der Waals surface area (Å²) >= 11 is 0. The van der Waals surface area contributed by atoms with Crippen molar-refractivity contribution in [3.63, 3.8) is 0 Å². The Bertz CT molecular complexity index is 836. The SMILES string of the molecule is NC(=O)c1cc(NCc2ccncc2)ccc1OCc1ccccc1. The van der Waals surface area contributed by atoms with Crippen LogP contribution in [-0.4, -0.2) is 10.9 Å². The normalized spacial score (nSPS) is 10.2. The average Bonchev–Trinajstić information content (AvgIpc) is 2.66. The fourth-order valence-electron chi connectivity index (χ4n) is 2.40. The van der Waals surface area contributed by atoms with E-state index in [2.05, 4.69) is 10.3 Å². The summed E-state index contributed by atoms with van der Waals surface area (Å²) in [4.78, 5) is 15.8. The van der Waals surface area contributed by atoms with E-state index in [1.807, 2.05) is 48.5 Å². The van der Waals surface area contributed by atoms with Crippen LogP contribution in [0.1, 0.15) is 21.5 Å².